The van der Waals surface area contributed by atoms with Gasteiger partial charge in [0, 0.05) is 23.0 Å². The highest BCUT2D eigenvalue weighted by Crippen LogP contribution is 2.23. The number of oxazole rings is 1. The first-order chi connectivity index (χ1) is 11.6. The van der Waals surface area contributed by atoms with Crippen LogP contribution in [0.25, 0.3) is 11.3 Å². The van der Waals surface area contributed by atoms with Crippen LogP contribution in [-0.2, 0) is 11.2 Å². The topological polar surface area (TPSA) is 55.1 Å². The summed E-state index contributed by atoms with van der Waals surface area (Å²) in [6.07, 6.45) is 2.05. The summed E-state index contributed by atoms with van der Waals surface area (Å²) in [5.41, 5.74) is 1.08. The second-order valence-electron chi connectivity index (χ2n) is 5.15. The van der Waals surface area contributed by atoms with Crippen LogP contribution in [0, 0.1) is 5.82 Å². The van der Waals surface area contributed by atoms with Gasteiger partial charge in [0.25, 0.3) is 0 Å². The van der Waals surface area contributed by atoms with Crippen molar-refractivity contribution in [3.05, 3.63) is 70.9 Å². The van der Waals surface area contributed by atoms with Crippen LogP contribution in [0.5, 0.6) is 0 Å². The van der Waals surface area contributed by atoms with Gasteiger partial charge < -0.3 is 9.73 Å². The fourth-order valence-corrected chi connectivity index (χ4v) is 2.45. The summed E-state index contributed by atoms with van der Waals surface area (Å²) < 4.78 is 20.2. The zero-order valence-corrected chi connectivity index (χ0v) is 14.2. The maximum atomic E-state index is 13.7. The zero-order chi connectivity index (χ0) is 16.9. The van der Waals surface area contributed by atoms with Gasteiger partial charge in [-0.25, -0.2) is 9.37 Å². The second kappa shape index (κ2) is 7.40. The Morgan fingerprint density at radius 3 is 2.67 bits per heavy atom. The smallest absolute Gasteiger partial charge is 0.224 e. The molecule has 122 valence electrons. The van der Waals surface area contributed by atoms with Gasteiger partial charge in [-0.05, 0) is 36.4 Å². The Labute approximate surface area is 146 Å². The fraction of sp³-hybridized carbons (Fsp3) is 0.111. The van der Waals surface area contributed by atoms with E-state index in [1.165, 1.54) is 12.3 Å². The second-order valence-corrected chi connectivity index (χ2v) is 6.07. The molecule has 1 amide bonds. The number of nitrogens with one attached hydrogen (secondary N) is 1. The predicted octanol–water partition coefficient (Wildman–Crippen LogP) is 4.81. The number of hydrogen-bond acceptors (Lipinski definition) is 3. The van der Waals surface area contributed by atoms with Crippen molar-refractivity contribution in [1.82, 2.24) is 4.98 Å². The Balaban J connectivity index is 1.58. The minimum Gasteiger partial charge on any atom is -0.441 e. The lowest BCUT2D eigenvalue weighted by Gasteiger charge is -2.04. The van der Waals surface area contributed by atoms with Crippen LogP contribution in [0.3, 0.4) is 0 Å². The number of anilines is 1. The highest BCUT2D eigenvalue weighted by molar-refractivity contribution is 9.10. The first kappa shape index (κ1) is 16.4. The number of amides is 1. The van der Waals surface area contributed by atoms with Crippen molar-refractivity contribution in [2.75, 3.05) is 5.32 Å². The molecule has 0 saturated heterocycles. The molecule has 0 spiro atoms. The normalized spacial score (nSPS) is 10.6. The van der Waals surface area contributed by atoms with Gasteiger partial charge in [-0.2, -0.15) is 0 Å². The molecule has 0 bridgehead atoms. The number of aromatic nitrogens is 1. The van der Waals surface area contributed by atoms with Crippen LogP contribution in [-0.4, -0.2) is 10.9 Å². The van der Waals surface area contributed by atoms with Crippen molar-refractivity contribution in [2.45, 2.75) is 12.8 Å². The highest BCUT2D eigenvalue weighted by atomic mass is 79.9. The number of nitrogens with zero attached hydrogens (tertiary/aromatic N) is 1. The van der Waals surface area contributed by atoms with Gasteiger partial charge in [-0.15, -0.1) is 0 Å². The van der Waals surface area contributed by atoms with Crippen LogP contribution >= 0.6 is 15.9 Å². The molecule has 0 aliphatic heterocycles. The number of halogens is 2. The molecule has 0 aliphatic carbocycles. The van der Waals surface area contributed by atoms with Crippen LogP contribution in [0.15, 0.2) is 63.6 Å². The van der Waals surface area contributed by atoms with Crippen molar-refractivity contribution >= 4 is 27.5 Å². The molecule has 2 aromatic carbocycles. The molecule has 0 saturated carbocycles. The van der Waals surface area contributed by atoms with E-state index in [2.05, 4.69) is 26.2 Å². The molecule has 0 aliphatic rings. The van der Waals surface area contributed by atoms with E-state index in [-0.39, 0.29) is 18.1 Å². The fourth-order valence-electron chi connectivity index (χ4n) is 2.19. The Hall–Kier alpha value is -2.47. The molecule has 24 heavy (non-hydrogen) atoms. The molecule has 3 aromatic rings. The first-order valence-electron chi connectivity index (χ1n) is 7.37. The van der Waals surface area contributed by atoms with E-state index >= 15 is 0 Å². The standard InChI is InChI=1S/C18H14BrFN2O2/c19-12-5-7-13(8-6-12)22-17(23)9-10-18-21-11-16(24-18)14-3-1-2-4-15(14)20/h1-8,11H,9-10H2,(H,22,23). The zero-order valence-electron chi connectivity index (χ0n) is 12.6. The number of aryl methyl sites for hydroxylation is 1. The van der Waals surface area contributed by atoms with E-state index in [4.69, 9.17) is 4.42 Å². The molecule has 1 N–H and O–H groups in total. The number of rotatable bonds is 5. The average molecular weight is 389 g/mol. The monoisotopic (exact) mass is 388 g/mol. The van der Waals surface area contributed by atoms with Gasteiger partial charge in [-0.1, -0.05) is 28.1 Å². The van der Waals surface area contributed by atoms with E-state index in [1.54, 1.807) is 18.2 Å². The molecular weight excluding hydrogens is 375 g/mol. The third-order valence-corrected chi connectivity index (χ3v) is 3.92. The van der Waals surface area contributed by atoms with Gasteiger partial charge in [0.2, 0.25) is 5.91 Å². The Bertz CT molecular complexity index is 846. The Kier molecular flexibility index (Phi) is 5.05. The van der Waals surface area contributed by atoms with Crippen LogP contribution in [0.2, 0.25) is 0 Å². The first-order valence-corrected chi connectivity index (χ1v) is 8.16. The van der Waals surface area contributed by atoms with Crippen molar-refractivity contribution in [3.8, 4) is 11.3 Å². The third kappa shape index (κ3) is 4.08. The van der Waals surface area contributed by atoms with Crippen LogP contribution in [0.1, 0.15) is 12.3 Å². The van der Waals surface area contributed by atoms with Gasteiger partial charge in [0.15, 0.2) is 11.7 Å². The van der Waals surface area contributed by atoms with Gasteiger partial charge in [0.1, 0.15) is 5.82 Å². The number of carbonyl (C=O) groups is 1. The molecule has 4 nitrogen and oxygen atoms in total. The molecule has 0 fully saturated rings. The van der Waals surface area contributed by atoms with E-state index in [9.17, 15) is 9.18 Å². The summed E-state index contributed by atoms with van der Waals surface area (Å²) in [6, 6.07) is 13.7. The molecule has 3 rings (SSSR count). The largest absolute Gasteiger partial charge is 0.441 e. The van der Waals surface area contributed by atoms with E-state index in [0.717, 1.165) is 10.2 Å². The van der Waals surface area contributed by atoms with Gasteiger partial charge in [0.05, 0.1) is 11.8 Å². The lowest BCUT2D eigenvalue weighted by molar-refractivity contribution is -0.116. The van der Waals surface area contributed by atoms with Crippen molar-refractivity contribution < 1.29 is 13.6 Å². The SMILES string of the molecule is O=C(CCc1ncc(-c2ccccc2F)o1)Nc1ccc(Br)cc1. The number of benzene rings is 2. The number of carbonyl (C=O) groups excluding carboxylic acids is 1. The summed E-state index contributed by atoms with van der Waals surface area (Å²) in [4.78, 5) is 16.1. The molecule has 0 atom stereocenters. The quantitative estimate of drug-likeness (QED) is 0.681. The lowest BCUT2D eigenvalue weighted by atomic mass is 10.2. The molecule has 1 aromatic heterocycles. The Morgan fingerprint density at radius 1 is 1.17 bits per heavy atom. The van der Waals surface area contributed by atoms with Crippen LogP contribution < -0.4 is 5.32 Å². The summed E-state index contributed by atoms with van der Waals surface area (Å²) >= 11 is 3.34. The summed E-state index contributed by atoms with van der Waals surface area (Å²) in [5, 5.41) is 2.80. The summed E-state index contributed by atoms with van der Waals surface area (Å²) in [5.74, 6) is 0.256. The highest BCUT2D eigenvalue weighted by Gasteiger charge is 2.11. The minimum absolute atomic E-state index is 0.136. The number of hydrogen-bond donors (Lipinski definition) is 1. The van der Waals surface area contributed by atoms with Gasteiger partial charge >= 0.3 is 0 Å². The maximum Gasteiger partial charge on any atom is 0.224 e. The molecule has 0 radical (unpaired) electrons. The third-order valence-electron chi connectivity index (χ3n) is 3.39. The average Bonchev–Trinajstić information content (AvgIpc) is 3.04. The van der Waals surface area contributed by atoms with Crippen LogP contribution in [0.4, 0.5) is 10.1 Å². The molecular formula is C18H14BrFN2O2. The lowest BCUT2D eigenvalue weighted by Crippen LogP contribution is -2.12. The maximum absolute atomic E-state index is 13.7. The van der Waals surface area contributed by atoms with Crippen molar-refractivity contribution in [1.29, 1.82) is 0 Å². The molecule has 6 heteroatoms. The minimum atomic E-state index is -0.367. The predicted molar refractivity (Wildman–Crippen MR) is 93.0 cm³/mol. The van der Waals surface area contributed by atoms with E-state index in [0.29, 0.717) is 23.6 Å². The van der Waals surface area contributed by atoms with Gasteiger partial charge in [-0.3, -0.25) is 4.79 Å². The molecule has 1 heterocycles. The molecule has 0 unspecified atom stereocenters. The van der Waals surface area contributed by atoms with Crippen molar-refractivity contribution in [3.63, 3.8) is 0 Å². The summed E-state index contributed by atoms with van der Waals surface area (Å²) in [6.45, 7) is 0. The summed E-state index contributed by atoms with van der Waals surface area (Å²) in [7, 11) is 0. The Morgan fingerprint density at radius 2 is 1.92 bits per heavy atom. The van der Waals surface area contributed by atoms with E-state index in [1.807, 2.05) is 24.3 Å². The van der Waals surface area contributed by atoms with E-state index < -0.39 is 0 Å². The van der Waals surface area contributed by atoms with Crippen molar-refractivity contribution in [2.24, 2.45) is 0 Å².